The summed E-state index contributed by atoms with van der Waals surface area (Å²) in [6.45, 7) is 10.0. The van der Waals surface area contributed by atoms with Crippen LogP contribution in [0, 0.1) is 0 Å². The molecule has 2 aliphatic heterocycles. The molecular formula is C17H26N4O. The molecule has 0 aliphatic carbocycles. The van der Waals surface area contributed by atoms with Gasteiger partial charge >= 0.3 is 0 Å². The lowest BCUT2D eigenvalue weighted by Crippen LogP contribution is -2.35. The van der Waals surface area contributed by atoms with Gasteiger partial charge in [0.2, 0.25) is 6.41 Å². The highest BCUT2D eigenvalue weighted by Crippen LogP contribution is 2.18. The van der Waals surface area contributed by atoms with Crippen molar-refractivity contribution in [1.29, 1.82) is 0 Å². The number of carbonyl (C=O) groups excluding carboxylic acids is 1. The van der Waals surface area contributed by atoms with E-state index in [1.807, 2.05) is 18.2 Å². The van der Waals surface area contributed by atoms with E-state index in [4.69, 9.17) is 0 Å². The molecule has 2 rings (SSSR count). The van der Waals surface area contributed by atoms with E-state index in [9.17, 15) is 4.79 Å². The third kappa shape index (κ3) is 4.31. The molecule has 5 heteroatoms. The van der Waals surface area contributed by atoms with Crippen LogP contribution in [-0.4, -0.2) is 66.7 Å². The second kappa shape index (κ2) is 7.94. The number of hydrogen-bond acceptors (Lipinski definition) is 4. The Hall–Kier alpha value is -1.88. The van der Waals surface area contributed by atoms with Gasteiger partial charge in [0, 0.05) is 32.7 Å². The van der Waals surface area contributed by atoms with Gasteiger partial charge in [-0.15, -0.1) is 0 Å². The highest BCUT2D eigenvalue weighted by Gasteiger charge is 2.20. The van der Waals surface area contributed by atoms with Gasteiger partial charge in [0.15, 0.2) is 0 Å². The number of likely N-dealkylation sites (N-methyl/N-ethyl adjacent to an activating group) is 1. The minimum absolute atomic E-state index is 0.527. The van der Waals surface area contributed by atoms with E-state index < -0.39 is 0 Å². The van der Waals surface area contributed by atoms with Crippen molar-refractivity contribution in [3.05, 3.63) is 36.2 Å². The number of likely N-dealkylation sites (tertiary alicyclic amines) is 1. The van der Waals surface area contributed by atoms with E-state index >= 15 is 0 Å². The molecule has 0 spiro atoms. The molecule has 0 bridgehead atoms. The van der Waals surface area contributed by atoms with Gasteiger partial charge in [-0.3, -0.25) is 9.69 Å². The average molecular weight is 302 g/mol. The van der Waals surface area contributed by atoms with Crippen molar-refractivity contribution >= 4 is 12.7 Å². The maximum absolute atomic E-state index is 10.9. The van der Waals surface area contributed by atoms with Crippen molar-refractivity contribution in [3.63, 3.8) is 0 Å². The van der Waals surface area contributed by atoms with E-state index in [0.717, 1.165) is 25.2 Å². The van der Waals surface area contributed by atoms with Crippen molar-refractivity contribution in [2.75, 3.05) is 33.2 Å². The molecule has 0 aromatic heterocycles. The maximum atomic E-state index is 10.9. The Morgan fingerprint density at radius 2 is 2.36 bits per heavy atom. The molecule has 1 saturated heterocycles. The lowest BCUT2D eigenvalue weighted by atomic mass is 10.2. The fraction of sp³-hybridized carbons (Fsp3) is 0.529. The Labute approximate surface area is 133 Å². The van der Waals surface area contributed by atoms with Crippen molar-refractivity contribution in [2.45, 2.75) is 25.8 Å². The smallest absolute Gasteiger partial charge is 0.215 e. The molecule has 1 unspecified atom stereocenters. The van der Waals surface area contributed by atoms with Crippen LogP contribution in [0.15, 0.2) is 41.2 Å². The lowest BCUT2D eigenvalue weighted by molar-refractivity contribution is -0.114. The van der Waals surface area contributed by atoms with Crippen LogP contribution in [0.4, 0.5) is 0 Å². The largest absolute Gasteiger partial charge is 0.372 e. The number of nitrogens with zero attached hydrogens (tertiary/aromatic N) is 4. The van der Waals surface area contributed by atoms with Gasteiger partial charge in [0.05, 0.1) is 17.7 Å². The van der Waals surface area contributed by atoms with E-state index in [1.165, 1.54) is 30.6 Å². The Kier molecular flexibility index (Phi) is 5.95. The number of carbonyl (C=O) groups is 1. The van der Waals surface area contributed by atoms with E-state index in [0.29, 0.717) is 18.3 Å². The summed E-state index contributed by atoms with van der Waals surface area (Å²) >= 11 is 0. The summed E-state index contributed by atoms with van der Waals surface area (Å²) in [5.74, 6) is 0. The molecule has 0 radical (unpaired) electrons. The number of allylic oxidation sites excluding steroid dienone is 2. The molecule has 1 atom stereocenters. The molecule has 0 N–H and O–H groups in total. The van der Waals surface area contributed by atoms with Gasteiger partial charge in [-0.2, -0.15) is 0 Å². The van der Waals surface area contributed by atoms with E-state index in [1.54, 1.807) is 0 Å². The van der Waals surface area contributed by atoms with Gasteiger partial charge in [0.1, 0.15) is 0 Å². The fourth-order valence-electron chi connectivity index (χ4n) is 2.84. The third-order valence-electron chi connectivity index (χ3n) is 4.32. The van der Waals surface area contributed by atoms with E-state index in [2.05, 4.69) is 35.3 Å². The molecule has 1 amide bonds. The van der Waals surface area contributed by atoms with Crippen molar-refractivity contribution in [3.8, 4) is 0 Å². The molecule has 0 saturated carbocycles. The third-order valence-corrected chi connectivity index (χ3v) is 4.32. The van der Waals surface area contributed by atoms with Gasteiger partial charge in [-0.1, -0.05) is 18.7 Å². The number of amides is 1. The first kappa shape index (κ1) is 16.5. The van der Waals surface area contributed by atoms with Crippen LogP contribution in [0.2, 0.25) is 0 Å². The monoisotopic (exact) mass is 302 g/mol. The summed E-state index contributed by atoms with van der Waals surface area (Å²) < 4.78 is 0. The summed E-state index contributed by atoms with van der Waals surface area (Å²) in [5, 5.41) is 0. The Morgan fingerprint density at radius 1 is 1.55 bits per heavy atom. The zero-order chi connectivity index (χ0) is 15.9. The lowest BCUT2D eigenvalue weighted by Gasteiger charge is -2.27. The standard InChI is InChI=1S/C17H26N4O/c1-15-7-6-10-21(15)12-11-19(3)17-8-4-5-9-20(14-22)13-18-16(17)2/h4-5,8,13-15H,2,6-7,9-12H2,1,3H3/b5-4-,17-8?,18-13?. The van der Waals surface area contributed by atoms with Crippen LogP contribution in [0.25, 0.3) is 0 Å². The van der Waals surface area contributed by atoms with Crippen molar-refractivity contribution in [2.24, 2.45) is 4.99 Å². The first-order chi connectivity index (χ1) is 10.6. The molecule has 22 heavy (non-hydrogen) atoms. The summed E-state index contributed by atoms with van der Waals surface area (Å²) in [6, 6.07) is 0.685. The quantitative estimate of drug-likeness (QED) is 0.728. The van der Waals surface area contributed by atoms with Crippen LogP contribution in [0.5, 0.6) is 0 Å². The first-order valence-corrected chi connectivity index (χ1v) is 7.88. The summed E-state index contributed by atoms with van der Waals surface area (Å²) in [4.78, 5) is 21.4. The molecule has 2 aliphatic rings. The van der Waals surface area contributed by atoms with Crippen LogP contribution < -0.4 is 0 Å². The van der Waals surface area contributed by atoms with Crippen LogP contribution in [0.3, 0.4) is 0 Å². The Bertz CT molecular complexity index is 495. The van der Waals surface area contributed by atoms with Crippen LogP contribution in [-0.2, 0) is 4.79 Å². The summed E-state index contributed by atoms with van der Waals surface area (Å²) in [7, 11) is 2.07. The molecular weight excluding hydrogens is 276 g/mol. The topological polar surface area (TPSA) is 39.2 Å². The zero-order valence-corrected chi connectivity index (χ0v) is 13.6. The second-order valence-corrected chi connectivity index (χ2v) is 5.92. The Morgan fingerprint density at radius 3 is 3.05 bits per heavy atom. The number of aliphatic imine (C=N–C) groups is 1. The summed E-state index contributed by atoms with van der Waals surface area (Å²) in [6.07, 6.45) is 10.8. The maximum Gasteiger partial charge on any atom is 0.215 e. The molecule has 2 heterocycles. The molecule has 0 aromatic carbocycles. The Balaban J connectivity index is 1.98. The predicted octanol–water partition coefficient (Wildman–Crippen LogP) is 1.86. The normalized spacial score (nSPS) is 24.5. The molecule has 0 aromatic rings. The van der Waals surface area contributed by atoms with Crippen molar-refractivity contribution < 1.29 is 4.79 Å². The van der Waals surface area contributed by atoms with Crippen LogP contribution in [0.1, 0.15) is 19.8 Å². The number of rotatable bonds is 5. The highest BCUT2D eigenvalue weighted by atomic mass is 16.1. The van der Waals surface area contributed by atoms with Gasteiger partial charge < -0.3 is 9.80 Å². The van der Waals surface area contributed by atoms with Gasteiger partial charge in [-0.05, 0) is 32.4 Å². The number of hydrogen-bond donors (Lipinski definition) is 0. The zero-order valence-electron chi connectivity index (χ0n) is 13.6. The first-order valence-electron chi connectivity index (χ1n) is 7.88. The van der Waals surface area contributed by atoms with E-state index in [-0.39, 0.29) is 0 Å². The second-order valence-electron chi connectivity index (χ2n) is 5.92. The summed E-state index contributed by atoms with van der Waals surface area (Å²) in [5.41, 5.74) is 1.67. The average Bonchev–Trinajstić information content (AvgIpc) is 2.95. The minimum Gasteiger partial charge on any atom is -0.372 e. The highest BCUT2D eigenvalue weighted by molar-refractivity contribution is 5.73. The van der Waals surface area contributed by atoms with Gasteiger partial charge in [0.25, 0.3) is 0 Å². The molecule has 120 valence electrons. The SMILES string of the molecule is C=C1N=CN(C=O)C/C=C\C=C1N(C)CCN1CCCC1C. The predicted molar refractivity (Wildman–Crippen MR) is 90.5 cm³/mol. The fourth-order valence-corrected chi connectivity index (χ4v) is 2.84. The van der Waals surface area contributed by atoms with Crippen molar-refractivity contribution in [1.82, 2.24) is 14.7 Å². The molecule has 1 fully saturated rings. The molecule has 5 nitrogen and oxygen atoms in total. The van der Waals surface area contributed by atoms with Gasteiger partial charge in [-0.25, -0.2) is 4.99 Å². The minimum atomic E-state index is 0.527. The van der Waals surface area contributed by atoms with Crippen LogP contribution >= 0.6 is 0 Å².